The number of hydrogen-bond donors (Lipinski definition) is 2. The zero-order chi connectivity index (χ0) is 16.9. The average molecular weight is 327 g/mol. The van der Waals surface area contributed by atoms with Gasteiger partial charge in [0, 0.05) is 24.6 Å². The Morgan fingerprint density at radius 1 is 1.21 bits per heavy atom. The molecule has 3 rings (SSSR count). The van der Waals surface area contributed by atoms with Crippen molar-refractivity contribution in [2.75, 3.05) is 11.9 Å². The van der Waals surface area contributed by atoms with Gasteiger partial charge in [-0.05, 0) is 6.07 Å². The summed E-state index contributed by atoms with van der Waals surface area (Å²) in [6, 6.07) is 13.1. The van der Waals surface area contributed by atoms with Crippen LogP contribution in [0, 0.1) is 15.9 Å². The van der Waals surface area contributed by atoms with E-state index >= 15 is 0 Å². The lowest BCUT2D eigenvalue weighted by molar-refractivity contribution is -0.385. The molecule has 0 aliphatic heterocycles. The lowest BCUT2D eigenvalue weighted by Gasteiger charge is -2.06. The number of nitrogens with one attached hydrogen (secondary N) is 2. The van der Waals surface area contributed by atoms with Gasteiger partial charge in [0.05, 0.1) is 16.7 Å². The van der Waals surface area contributed by atoms with Crippen LogP contribution in [0.15, 0.2) is 48.5 Å². The third kappa shape index (κ3) is 3.54. The predicted octanol–water partition coefficient (Wildman–Crippen LogP) is 3.17. The summed E-state index contributed by atoms with van der Waals surface area (Å²) in [5.74, 6) is 0.613. The minimum absolute atomic E-state index is 0.211. The van der Waals surface area contributed by atoms with Gasteiger partial charge in [-0.15, -0.1) is 0 Å². The molecule has 0 bridgehead atoms. The van der Waals surface area contributed by atoms with Gasteiger partial charge < -0.3 is 5.32 Å². The van der Waals surface area contributed by atoms with Gasteiger partial charge in [0.1, 0.15) is 5.82 Å². The molecule has 0 aliphatic carbocycles. The van der Waals surface area contributed by atoms with Crippen LogP contribution in [0.25, 0.3) is 11.4 Å². The number of aromatic nitrogens is 3. The first-order valence-corrected chi connectivity index (χ1v) is 7.28. The van der Waals surface area contributed by atoms with Crippen LogP contribution in [0.3, 0.4) is 0 Å². The maximum Gasteiger partial charge on any atom is 0.272 e. The molecule has 24 heavy (non-hydrogen) atoms. The van der Waals surface area contributed by atoms with Gasteiger partial charge in [0.15, 0.2) is 11.6 Å². The van der Waals surface area contributed by atoms with E-state index in [1.54, 1.807) is 0 Å². The zero-order valence-electron chi connectivity index (χ0n) is 12.6. The Morgan fingerprint density at radius 3 is 2.71 bits per heavy atom. The summed E-state index contributed by atoms with van der Waals surface area (Å²) in [6.45, 7) is 0.415. The van der Waals surface area contributed by atoms with E-state index in [4.69, 9.17) is 0 Å². The third-order valence-electron chi connectivity index (χ3n) is 3.40. The Balaban J connectivity index is 1.59. The van der Waals surface area contributed by atoms with Crippen molar-refractivity contribution in [3.63, 3.8) is 0 Å². The van der Waals surface area contributed by atoms with Crippen molar-refractivity contribution in [1.29, 1.82) is 0 Å². The van der Waals surface area contributed by atoms with Crippen LogP contribution in [0.1, 0.15) is 5.82 Å². The van der Waals surface area contributed by atoms with Crippen LogP contribution < -0.4 is 5.32 Å². The molecule has 7 nitrogen and oxygen atoms in total. The van der Waals surface area contributed by atoms with E-state index in [1.807, 2.05) is 30.3 Å². The zero-order valence-corrected chi connectivity index (χ0v) is 12.6. The Morgan fingerprint density at radius 2 is 2.00 bits per heavy atom. The first-order valence-electron chi connectivity index (χ1n) is 7.28. The second-order valence-electron chi connectivity index (χ2n) is 5.07. The quantitative estimate of drug-likeness (QED) is 0.535. The van der Waals surface area contributed by atoms with Crippen LogP contribution in [0.2, 0.25) is 0 Å². The predicted molar refractivity (Wildman–Crippen MR) is 87.1 cm³/mol. The number of aromatic amines is 1. The number of non-ortho nitro benzene ring substituents is 1. The van der Waals surface area contributed by atoms with Crippen molar-refractivity contribution in [1.82, 2.24) is 15.2 Å². The highest BCUT2D eigenvalue weighted by Crippen LogP contribution is 2.20. The first-order chi connectivity index (χ1) is 11.6. The fourth-order valence-corrected chi connectivity index (χ4v) is 2.20. The minimum Gasteiger partial charge on any atom is -0.382 e. The molecule has 0 spiro atoms. The summed E-state index contributed by atoms with van der Waals surface area (Å²) >= 11 is 0. The highest BCUT2D eigenvalue weighted by atomic mass is 19.1. The van der Waals surface area contributed by atoms with Gasteiger partial charge in [0.2, 0.25) is 0 Å². The lowest BCUT2D eigenvalue weighted by atomic mass is 10.2. The van der Waals surface area contributed by atoms with Crippen molar-refractivity contribution in [3.8, 4) is 11.4 Å². The molecular formula is C16H14FN5O2. The molecule has 1 aromatic heterocycles. The molecule has 0 amide bonds. The smallest absolute Gasteiger partial charge is 0.272 e. The topological polar surface area (TPSA) is 96.7 Å². The van der Waals surface area contributed by atoms with E-state index < -0.39 is 10.7 Å². The van der Waals surface area contributed by atoms with Crippen LogP contribution in [-0.2, 0) is 6.42 Å². The molecule has 0 saturated carbocycles. The highest BCUT2D eigenvalue weighted by molar-refractivity contribution is 5.54. The minimum atomic E-state index is -0.660. The summed E-state index contributed by atoms with van der Waals surface area (Å²) in [7, 11) is 0. The number of H-pyrrole nitrogens is 1. The van der Waals surface area contributed by atoms with E-state index in [-0.39, 0.29) is 11.4 Å². The van der Waals surface area contributed by atoms with Crippen LogP contribution in [-0.4, -0.2) is 26.6 Å². The van der Waals surface area contributed by atoms with Crippen LogP contribution in [0.4, 0.5) is 15.8 Å². The Labute approximate surface area is 136 Å². The van der Waals surface area contributed by atoms with E-state index in [9.17, 15) is 14.5 Å². The Bertz CT molecular complexity index is 851. The summed E-state index contributed by atoms with van der Waals surface area (Å²) in [5, 5.41) is 20.5. The third-order valence-corrected chi connectivity index (χ3v) is 3.40. The maximum absolute atomic E-state index is 13.8. The second kappa shape index (κ2) is 6.86. The van der Waals surface area contributed by atoms with Gasteiger partial charge >= 0.3 is 0 Å². The van der Waals surface area contributed by atoms with E-state index in [0.717, 1.165) is 11.6 Å². The molecule has 2 N–H and O–H groups in total. The molecule has 0 unspecified atom stereocenters. The first kappa shape index (κ1) is 15.6. The fourth-order valence-electron chi connectivity index (χ4n) is 2.20. The number of rotatable bonds is 6. The van der Waals surface area contributed by atoms with Crippen molar-refractivity contribution in [3.05, 3.63) is 70.3 Å². The highest BCUT2D eigenvalue weighted by Gasteiger charge is 2.11. The normalized spacial score (nSPS) is 10.5. The molecule has 0 aliphatic rings. The van der Waals surface area contributed by atoms with Crippen molar-refractivity contribution in [2.24, 2.45) is 0 Å². The van der Waals surface area contributed by atoms with E-state index in [1.165, 1.54) is 12.1 Å². The van der Waals surface area contributed by atoms with Crippen molar-refractivity contribution < 1.29 is 9.31 Å². The molecule has 122 valence electrons. The summed E-state index contributed by atoms with van der Waals surface area (Å²) in [4.78, 5) is 14.3. The Hall–Kier alpha value is -3.29. The molecule has 8 heteroatoms. The Kier molecular flexibility index (Phi) is 4.46. The maximum atomic E-state index is 13.8. The lowest BCUT2D eigenvalue weighted by Crippen LogP contribution is -2.07. The van der Waals surface area contributed by atoms with E-state index in [0.29, 0.717) is 24.6 Å². The van der Waals surface area contributed by atoms with Gasteiger partial charge in [-0.3, -0.25) is 15.2 Å². The van der Waals surface area contributed by atoms with Crippen LogP contribution >= 0.6 is 0 Å². The average Bonchev–Trinajstić information content (AvgIpc) is 3.06. The summed E-state index contributed by atoms with van der Waals surface area (Å²) in [5.41, 5.74) is 0.846. The summed E-state index contributed by atoms with van der Waals surface area (Å²) < 4.78 is 13.8. The summed E-state index contributed by atoms with van der Waals surface area (Å²) in [6.07, 6.45) is 0.510. The number of benzene rings is 2. The largest absolute Gasteiger partial charge is 0.382 e. The molecule has 0 fully saturated rings. The monoisotopic (exact) mass is 327 g/mol. The molecular weight excluding hydrogens is 313 g/mol. The molecule has 0 saturated heterocycles. The number of nitrogens with zero attached hydrogens (tertiary/aromatic N) is 3. The molecule has 0 atom stereocenters. The van der Waals surface area contributed by atoms with Gasteiger partial charge in [-0.1, -0.05) is 30.3 Å². The molecule has 3 aromatic rings. The SMILES string of the molecule is O=[N+]([O-])c1ccc(NCCc2nc(-c3ccccc3)n[nH]2)c(F)c1. The number of anilines is 1. The van der Waals surface area contributed by atoms with Crippen molar-refractivity contribution in [2.45, 2.75) is 6.42 Å². The molecule has 0 radical (unpaired) electrons. The van der Waals surface area contributed by atoms with Crippen molar-refractivity contribution >= 4 is 11.4 Å². The number of hydrogen-bond acceptors (Lipinski definition) is 5. The second-order valence-corrected chi connectivity index (χ2v) is 5.07. The van der Waals surface area contributed by atoms with Crippen LogP contribution in [0.5, 0.6) is 0 Å². The number of halogens is 1. The van der Waals surface area contributed by atoms with Gasteiger partial charge in [-0.2, -0.15) is 5.10 Å². The fraction of sp³-hybridized carbons (Fsp3) is 0.125. The van der Waals surface area contributed by atoms with Gasteiger partial charge in [-0.25, -0.2) is 9.37 Å². The molecule has 2 aromatic carbocycles. The molecule has 1 heterocycles. The van der Waals surface area contributed by atoms with Gasteiger partial charge in [0.25, 0.3) is 5.69 Å². The number of nitro groups is 1. The van der Waals surface area contributed by atoms with E-state index in [2.05, 4.69) is 20.5 Å². The standard InChI is InChI=1S/C16H14FN5O2/c17-13-10-12(22(23)24)6-7-14(13)18-9-8-15-19-16(21-20-15)11-4-2-1-3-5-11/h1-7,10,18H,8-9H2,(H,19,20,21). The number of nitro benzene ring substituents is 1.